The van der Waals surface area contributed by atoms with E-state index < -0.39 is 87.1 Å². The van der Waals surface area contributed by atoms with Crippen molar-refractivity contribution in [2.24, 2.45) is 11.8 Å². The fraction of sp³-hybridized carbons (Fsp3) is 0.571. The van der Waals surface area contributed by atoms with Crippen LogP contribution in [0.4, 0.5) is 26.7 Å². The zero-order valence-corrected chi connectivity index (χ0v) is 21.0. The highest BCUT2D eigenvalue weighted by molar-refractivity contribution is 7.86. The molecule has 1 fully saturated rings. The molecule has 2 rings (SSSR count). The first kappa shape index (κ1) is 31.2. The van der Waals surface area contributed by atoms with Crippen molar-refractivity contribution in [2.45, 2.75) is 51.8 Å². The van der Waals surface area contributed by atoms with E-state index in [0.717, 1.165) is 0 Å². The van der Waals surface area contributed by atoms with Crippen molar-refractivity contribution in [3.8, 4) is 0 Å². The highest BCUT2D eigenvalue weighted by Crippen LogP contribution is 2.24. The van der Waals surface area contributed by atoms with E-state index in [2.05, 4.69) is 25.0 Å². The average Bonchev–Trinajstić information content (AvgIpc) is 3.24. The summed E-state index contributed by atoms with van der Waals surface area (Å²) in [7, 11) is -4.51. The summed E-state index contributed by atoms with van der Waals surface area (Å²) in [6.45, 7) is 2.29. The molecule has 3 amide bonds. The van der Waals surface area contributed by atoms with E-state index >= 15 is 0 Å². The summed E-state index contributed by atoms with van der Waals surface area (Å²) in [5.41, 5.74) is -1.41. The number of rotatable bonds is 12. The van der Waals surface area contributed by atoms with Gasteiger partial charge < -0.3 is 20.7 Å². The maximum absolute atomic E-state index is 13.8. The SMILES string of the molecule is CC(C)CC(NC(=O)OCc1c(F)c(F)c(F)c(F)c1F)C(=O)N[C@@H](CC1CCNC1=O)CS(=O)(=O)OO. The lowest BCUT2D eigenvalue weighted by Gasteiger charge is -2.25. The van der Waals surface area contributed by atoms with Crippen LogP contribution in [-0.4, -0.2) is 56.0 Å². The van der Waals surface area contributed by atoms with E-state index in [4.69, 9.17) is 5.26 Å². The molecule has 0 spiro atoms. The topological polar surface area (TPSA) is 160 Å². The molecule has 3 atom stereocenters. The van der Waals surface area contributed by atoms with Crippen molar-refractivity contribution < 1.29 is 59.1 Å². The van der Waals surface area contributed by atoms with Crippen molar-refractivity contribution >= 4 is 28.0 Å². The van der Waals surface area contributed by atoms with E-state index in [0.29, 0.717) is 13.0 Å². The summed E-state index contributed by atoms with van der Waals surface area (Å²) < 4.78 is 99.1. The minimum atomic E-state index is -4.51. The standard InChI is InChI=1S/C21H26F5N3O8S/c1-9(2)5-13(29-21(32)36-7-12-14(22)16(24)18(26)17(25)15(12)23)20(31)28-11(8-38(34,35)37-33)6-10-3-4-27-19(10)30/h9-11,13,33H,3-8H2,1-2H3,(H,27,30)(H,28,31)(H,29,32)/t10?,11-,13?/m0/s1. The van der Waals surface area contributed by atoms with Crippen LogP contribution in [0.3, 0.4) is 0 Å². The number of nitrogens with one attached hydrogen (secondary N) is 3. The third-order valence-corrected chi connectivity index (χ3v) is 6.60. The molecule has 11 nitrogen and oxygen atoms in total. The zero-order chi connectivity index (χ0) is 28.8. The molecule has 0 bridgehead atoms. The van der Waals surface area contributed by atoms with Gasteiger partial charge in [0.1, 0.15) is 12.6 Å². The summed E-state index contributed by atoms with van der Waals surface area (Å²) in [6.07, 6.45) is -1.31. The van der Waals surface area contributed by atoms with Crippen LogP contribution in [0.25, 0.3) is 0 Å². The summed E-state index contributed by atoms with van der Waals surface area (Å²) in [5, 5.41) is 15.6. The van der Waals surface area contributed by atoms with Gasteiger partial charge in [-0.1, -0.05) is 13.8 Å². The molecule has 1 aromatic rings. The number of alkyl carbamates (subject to hydrolysis) is 1. The van der Waals surface area contributed by atoms with Crippen LogP contribution in [0.1, 0.15) is 38.7 Å². The third-order valence-electron chi connectivity index (χ3n) is 5.56. The molecule has 1 aromatic carbocycles. The second-order valence-corrected chi connectivity index (χ2v) is 10.6. The van der Waals surface area contributed by atoms with Gasteiger partial charge in [-0.05, 0) is 25.2 Å². The Morgan fingerprint density at radius 3 is 2.13 bits per heavy atom. The molecule has 2 unspecified atom stereocenters. The molecule has 0 saturated carbocycles. The van der Waals surface area contributed by atoms with E-state index in [-0.39, 0.29) is 24.7 Å². The van der Waals surface area contributed by atoms with Crippen molar-refractivity contribution in [3.63, 3.8) is 0 Å². The monoisotopic (exact) mass is 575 g/mol. The van der Waals surface area contributed by atoms with Crippen LogP contribution < -0.4 is 16.0 Å². The van der Waals surface area contributed by atoms with Gasteiger partial charge >= 0.3 is 6.09 Å². The van der Waals surface area contributed by atoms with Gasteiger partial charge in [-0.15, -0.1) is 4.33 Å². The molecule has 38 heavy (non-hydrogen) atoms. The summed E-state index contributed by atoms with van der Waals surface area (Å²) in [6, 6.07) is -2.65. The number of benzene rings is 1. The van der Waals surface area contributed by atoms with Gasteiger partial charge in [-0.3, -0.25) is 9.59 Å². The minimum Gasteiger partial charge on any atom is -0.444 e. The number of halogens is 5. The summed E-state index contributed by atoms with van der Waals surface area (Å²) >= 11 is 0. The van der Waals surface area contributed by atoms with Crippen molar-refractivity contribution in [3.05, 3.63) is 34.6 Å². The minimum absolute atomic E-state index is 0.0522. The van der Waals surface area contributed by atoms with Crippen LogP contribution in [-0.2, 0) is 35.4 Å². The van der Waals surface area contributed by atoms with Gasteiger partial charge in [0.15, 0.2) is 23.3 Å². The lowest BCUT2D eigenvalue weighted by atomic mass is 9.98. The molecular formula is C21H26F5N3O8S. The van der Waals surface area contributed by atoms with Crippen LogP contribution in [0, 0.1) is 40.9 Å². The number of hydrogen-bond donors (Lipinski definition) is 4. The first-order chi connectivity index (χ1) is 17.7. The second-order valence-electron chi connectivity index (χ2n) is 8.97. The van der Waals surface area contributed by atoms with Crippen LogP contribution in [0.5, 0.6) is 0 Å². The lowest BCUT2D eigenvalue weighted by molar-refractivity contribution is -0.131. The number of amides is 3. The number of carbonyl (C=O) groups is 3. The van der Waals surface area contributed by atoms with Crippen LogP contribution in [0.15, 0.2) is 0 Å². The summed E-state index contributed by atoms with van der Waals surface area (Å²) in [4.78, 5) is 37.1. The fourth-order valence-corrected chi connectivity index (χ4v) is 4.54. The predicted octanol–water partition coefficient (Wildman–Crippen LogP) is 1.85. The first-order valence-corrected chi connectivity index (χ1v) is 12.8. The maximum atomic E-state index is 13.8. The molecule has 0 radical (unpaired) electrons. The molecule has 4 N–H and O–H groups in total. The molecule has 17 heteroatoms. The molecule has 214 valence electrons. The first-order valence-electron chi connectivity index (χ1n) is 11.2. The molecule has 1 heterocycles. The maximum Gasteiger partial charge on any atom is 0.408 e. The lowest BCUT2D eigenvalue weighted by Crippen LogP contribution is -2.52. The molecule has 0 aliphatic carbocycles. The molecule has 1 aliphatic heterocycles. The van der Waals surface area contributed by atoms with E-state index in [1.807, 2.05) is 0 Å². The third kappa shape index (κ3) is 8.22. The Morgan fingerprint density at radius 2 is 1.63 bits per heavy atom. The Labute approximate surface area is 214 Å². The summed E-state index contributed by atoms with van der Waals surface area (Å²) in [5.74, 6) is -14.4. The molecule has 1 aliphatic rings. The van der Waals surface area contributed by atoms with Gasteiger partial charge in [-0.2, -0.15) is 8.42 Å². The Kier molecular flexibility index (Phi) is 10.8. The predicted molar refractivity (Wildman–Crippen MR) is 118 cm³/mol. The van der Waals surface area contributed by atoms with Crippen LogP contribution in [0.2, 0.25) is 0 Å². The quantitative estimate of drug-likeness (QED) is 0.0966. The van der Waals surface area contributed by atoms with Gasteiger partial charge in [0.25, 0.3) is 10.1 Å². The molecule has 0 aromatic heterocycles. The van der Waals surface area contributed by atoms with E-state index in [1.54, 1.807) is 13.8 Å². The number of carbonyl (C=O) groups excluding carboxylic acids is 3. The van der Waals surface area contributed by atoms with Gasteiger partial charge in [0.2, 0.25) is 17.6 Å². The normalized spacial score (nSPS) is 17.2. The largest absolute Gasteiger partial charge is 0.444 e. The average molecular weight is 576 g/mol. The van der Waals surface area contributed by atoms with Gasteiger partial charge in [0, 0.05) is 18.5 Å². The molecule has 1 saturated heterocycles. The smallest absolute Gasteiger partial charge is 0.408 e. The Balaban J connectivity index is 2.14. The Bertz CT molecular complexity index is 1140. The molecular weight excluding hydrogens is 549 g/mol. The highest BCUT2D eigenvalue weighted by atomic mass is 32.2. The van der Waals surface area contributed by atoms with Gasteiger partial charge in [-0.25, -0.2) is 32.0 Å². The van der Waals surface area contributed by atoms with Crippen molar-refractivity contribution in [1.82, 2.24) is 16.0 Å². The fourth-order valence-electron chi connectivity index (χ4n) is 3.76. The number of ether oxygens (including phenoxy) is 1. The zero-order valence-electron chi connectivity index (χ0n) is 20.2. The highest BCUT2D eigenvalue weighted by Gasteiger charge is 2.33. The Hall–Kier alpha value is -3.05. The van der Waals surface area contributed by atoms with Crippen LogP contribution >= 0.6 is 0 Å². The van der Waals surface area contributed by atoms with Crippen molar-refractivity contribution in [2.75, 3.05) is 12.3 Å². The second kappa shape index (κ2) is 13.1. The van der Waals surface area contributed by atoms with Crippen molar-refractivity contribution in [1.29, 1.82) is 0 Å². The number of hydrogen-bond acceptors (Lipinski definition) is 8. The Morgan fingerprint density at radius 1 is 1.05 bits per heavy atom. The van der Waals surface area contributed by atoms with E-state index in [9.17, 15) is 44.8 Å². The van der Waals surface area contributed by atoms with E-state index in [1.165, 1.54) is 0 Å². The van der Waals surface area contributed by atoms with Gasteiger partial charge in [0.05, 0.1) is 11.3 Å².